The normalized spacial score (nSPS) is 14.4. The summed E-state index contributed by atoms with van der Waals surface area (Å²) in [6, 6.07) is 13.3. The van der Waals surface area contributed by atoms with Crippen LogP contribution in [0.3, 0.4) is 0 Å². The molecule has 0 atom stereocenters. The first kappa shape index (κ1) is 22.2. The van der Waals surface area contributed by atoms with Crippen molar-refractivity contribution in [1.82, 2.24) is 10.6 Å². The molecule has 0 heterocycles. The summed E-state index contributed by atoms with van der Waals surface area (Å²) in [7, 11) is -1.41. The lowest BCUT2D eigenvalue weighted by Crippen LogP contribution is -2.37. The van der Waals surface area contributed by atoms with E-state index in [0.29, 0.717) is 23.9 Å². The van der Waals surface area contributed by atoms with Crippen molar-refractivity contribution >= 4 is 15.8 Å². The molecule has 0 aromatic heterocycles. The number of ether oxygens (including phenoxy) is 1. The maximum Gasteiger partial charge on any atom is 0.191 e. The fourth-order valence-corrected chi connectivity index (χ4v) is 3.69. The molecule has 0 unspecified atom stereocenters. The summed E-state index contributed by atoms with van der Waals surface area (Å²) in [6.07, 6.45) is 4.53. The molecule has 0 aliphatic heterocycles. The van der Waals surface area contributed by atoms with Crippen LogP contribution in [-0.2, 0) is 22.8 Å². The molecule has 1 fully saturated rings. The third-order valence-corrected chi connectivity index (χ3v) is 6.25. The molecular weight excluding hydrogens is 398 g/mol. The second-order valence-electron chi connectivity index (χ2n) is 7.88. The Morgan fingerprint density at radius 1 is 1.13 bits per heavy atom. The second kappa shape index (κ2) is 9.98. The molecule has 30 heavy (non-hydrogen) atoms. The van der Waals surface area contributed by atoms with Crippen molar-refractivity contribution in [2.45, 2.75) is 37.6 Å². The Labute approximate surface area is 179 Å². The van der Waals surface area contributed by atoms with Gasteiger partial charge in [0.1, 0.15) is 5.75 Å². The van der Waals surface area contributed by atoms with E-state index >= 15 is 0 Å². The summed E-state index contributed by atoms with van der Waals surface area (Å²) in [4.78, 5) is 4.63. The van der Waals surface area contributed by atoms with Crippen molar-refractivity contribution in [3.8, 4) is 5.75 Å². The Kier molecular flexibility index (Phi) is 7.37. The van der Waals surface area contributed by atoms with Crippen LogP contribution < -0.4 is 15.4 Å². The smallest absolute Gasteiger partial charge is 0.191 e. The van der Waals surface area contributed by atoms with Gasteiger partial charge in [0.05, 0.1) is 11.5 Å². The average Bonchev–Trinajstić information content (AvgIpc) is 3.54. The molecule has 162 valence electrons. The number of hydrogen-bond donors (Lipinski definition) is 2. The molecule has 3 rings (SSSR count). The van der Waals surface area contributed by atoms with Crippen molar-refractivity contribution < 1.29 is 13.2 Å². The average molecular weight is 430 g/mol. The number of aliphatic imine (C=N–C) groups is 1. The largest absolute Gasteiger partial charge is 0.493 e. The predicted octanol–water partition coefficient (Wildman–Crippen LogP) is 3.10. The van der Waals surface area contributed by atoms with Crippen LogP contribution in [0.15, 0.2) is 52.4 Å². The van der Waals surface area contributed by atoms with E-state index in [9.17, 15) is 8.42 Å². The van der Waals surface area contributed by atoms with Gasteiger partial charge in [0, 0.05) is 32.0 Å². The molecule has 6 nitrogen and oxygen atoms in total. The molecule has 0 amide bonds. The summed E-state index contributed by atoms with van der Waals surface area (Å²) in [5, 5.41) is 6.65. The van der Waals surface area contributed by atoms with Crippen molar-refractivity contribution in [2.24, 2.45) is 10.9 Å². The molecule has 0 radical (unpaired) electrons. The number of nitrogens with zero attached hydrogens (tertiary/aromatic N) is 1. The zero-order chi connectivity index (χ0) is 21.6. The molecule has 2 aromatic rings. The third kappa shape index (κ3) is 6.76. The second-order valence-corrected chi connectivity index (χ2v) is 9.90. The van der Waals surface area contributed by atoms with Crippen LogP contribution >= 0.6 is 0 Å². The first-order chi connectivity index (χ1) is 14.3. The Balaban J connectivity index is 1.49. The van der Waals surface area contributed by atoms with Crippen molar-refractivity contribution in [1.29, 1.82) is 0 Å². The highest BCUT2D eigenvalue weighted by molar-refractivity contribution is 7.90. The first-order valence-corrected chi connectivity index (χ1v) is 12.2. The van der Waals surface area contributed by atoms with Crippen LogP contribution in [0, 0.1) is 12.8 Å². The molecule has 0 saturated heterocycles. The monoisotopic (exact) mass is 429 g/mol. The van der Waals surface area contributed by atoms with Gasteiger partial charge in [0.15, 0.2) is 15.8 Å². The lowest BCUT2D eigenvalue weighted by molar-refractivity contribution is 0.296. The quantitative estimate of drug-likeness (QED) is 0.473. The van der Waals surface area contributed by atoms with Crippen LogP contribution in [0.25, 0.3) is 0 Å². The van der Waals surface area contributed by atoms with Gasteiger partial charge in [-0.05, 0) is 61.4 Å². The number of rotatable bonds is 9. The van der Waals surface area contributed by atoms with Gasteiger partial charge in [-0.25, -0.2) is 8.42 Å². The van der Waals surface area contributed by atoms with Gasteiger partial charge in [-0.1, -0.05) is 24.3 Å². The first-order valence-electron chi connectivity index (χ1n) is 10.3. The zero-order valence-electron chi connectivity index (χ0n) is 17.9. The van der Waals surface area contributed by atoms with E-state index in [4.69, 9.17) is 4.74 Å². The van der Waals surface area contributed by atoms with Gasteiger partial charge in [0.25, 0.3) is 0 Å². The highest BCUT2D eigenvalue weighted by atomic mass is 32.2. The van der Waals surface area contributed by atoms with Gasteiger partial charge in [-0.2, -0.15) is 0 Å². The minimum absolute atomic E-state index is 0.342. The van der Waals surface area contributed by atoms with Gasteiger partial charge < -0.3 is 15.4 Å². The van der Waals surface area contributed by atoms with E-state index in [2.05, 4.69) is 40.7 Å². The Morgan fingerprint density at radius 3 is 2.50 bits per heavy atom. The predicted molar refractivity (Wildman–Crippen MR) is 121 cm³/mol. The summed E-state index contributed by atoms with van der Waals surface area (Å²) in [5.74, 6) is 2.37. The van der Waals surface area contributed by atoms with E-state index in [1.54, 1.807) is 19.2 Å². The van der Waals surface area contributed by atoms with E-state index in [1.165, 1.54) is 24.7 Å². The maximum absolute atomic E-state index is 11.5. The minimum atomic E-state index is -3.16. The highest BCUT2D eigenvalue weighted by Gasteiger charge is 2.22. The van der Waals surface area contributed by atoms with Crippen molar-refractivity contribution in [3.63, 3.8) is 0 Å². The molecule has 0 bridgehead atoms. The van der Waals surface area contributed by atoms with Gasteiger partial charge >= 0.3 is 0 Å². The molecule has 0 spiro atoms. The van der Waals surface area contributed by atoms with Crippen LogP contribution in [0.5, 0.6) is 5.75 Å². The number of benzene rings is 2. The molecule has 1 saturated carbocycles. The Morgan fingerprint density at radius 2 is 1.87 bits per heavy atom. The van der Waals surface area contributed by atoms with Gasteiger partial charge in [0.2, 0.25) is 0 Å². The molecular formula is C23H31N3O3S. The minimum Gasteiger partial charge on any atom is -0.493 e. The number of sulfone groups is 1. The fraction of sp³-hybridized carbons (Fsp3) is 0.435. The highest BCUT2D eigenvalue weighted by Crippen LogP contribution is 2.30. The number of hydrogen-bond acceptors (Lipinski definition) is 4. The van der Waals surface area contributed by atoms with Gasteiger partial charge in [-0.15, -0.1) is 0 Å². The summed E-state index contributed by atoms with van der Waals surface area (Å²) in [6.45, 7) is 4.19. The third-order valence-electron chi connectivity index (χ3n) is 5.12. The summed E-state index contributed by atoms with van der Waals surface area (Å²) >= 11 is 0. The molecule has 1 aliphatic rings. The lowest BCUT2D eigenvalue weighted by Gasteiger charge is -2.15. The van der Waals surface area contributed by atoms with E-state index < -0.39 is 9.84 Å². The standard InChI is InChI=1S/C23H31N3O3S/c1-17-4-9-20(22(14-17)29-16-19-5-6-19)15-26-23(24-2)25-13-12-18-7-10-21(11-8-18)30(3,27)28/h4,7-11,14,19H,5-6,12-13,15-16H2,1-3H3,(H2,24,25,26). The van der Waals surface area contributed by atoms with Crippen LogP contribution in [-0.4, -0.2) is 40.8 Å². The SMILES string of the molecule is CN=C(NCCc1ccc(S(C)(=O)=O)cc1)NCc1ccc(C)cc1OCC1CC1. The number of aryl methyl sites for hydroxylation is 1. The Hall–Kier alpha value is -2.54. The van der Waals surface area contributed by atoms with E-state index in [0.717, 1.165) is 35.9 Å². The van der Waals surface area contributed by atoms with Crippen molar-refractivity contribution in [2.75, 3.05) is 26.5 Å². The summed E-state index contributed by atoms with van der Waals surface area (Å²) < 4.78 is 29.1. The number of nitrogens with one attached hydrogen (secondary N) is 2. The Bertz CT molecular complexity index is 981. The molecule has 2 aromatic carbocycles. The van der Waals surface area contributed by atoms with Gasteiger partial charge in [-0.3, -0.25) is 4.99 Å². The topological polar surface area (TPSA) is 79.8 Å². The number of guanidine groups is 1. The molecule has 1 aliphatic carbocycles. The summed E-state index contributed by atoms with van der Waals surface area (Å²) in [5.41, 5.74) is 3.37. The lowest BCUT2D eigenvalue weighted by atomic mass is 10.1. The molecule has 2 N–H and O–H groups in total. The zero-order valence-corrected chi connectivity index (χ0v) is 18.8. The van der Waals surface area contributed by atoms with Crippen molar-refractivity contribution in [3.05, 3.63) is 59.2 Å². The fourth-order valence-electron chi connectivity index (χ4n) is 3.06. The van der Waals surface area contributed by atoms with Crippen LogP contribution in [0.4, 0.5) is 0 Å². The van der Waals surface area contributed by atoms with E-state index in [-0.39, 0.29) is 0 Å². The maximum atomic E-state index is 11.5. The molecule has 7 heteroatoms. The van der Waals surface area contributed by atoms with Crippen LogP contribution in [0.1, 0.15) is 29.5 Å². The van der Waals surface area contributed by atoms with Crippen LogP contribution in [0.2, 0.25) is 0 Å². The van der Waals surface area contributed by atoms with E-state index in [1.807, 2.05) is 12.1 Å².